The number of aliphatic hydroxyl groups is 1. The van der Waals surface area contributed by atoms with Crippen molar-refractivity contribution in [2.75, 3.05) is 17.6 Å². The van der Waals surface area contributed by atoms with Crippen LogP contribution in [0.1, 0.15) is 55.1 Å². The summed E-state index contributed by atoms with van der Waals surface area (Å²) in [6.45, 7) is 8.95. The molecule has 290 valence electrons. The summed E-state index contributed by atoms with van der Waals surface area (Å²) in [6.07, 6.45) is -2.02. The van der Waals surface area contributed by atoms with E-state index in [2.05, 4.69) is 27.5 Å². The molecule has 0 saturated carbocycles. The van der Waals surface area contributed by atoms with Gasteiger partial charge in [-0.05, 0) is 43.5 Å². The standard InChI is InChI=1S/C28H36N8O3.C3H5F2OP.C2HF3O2/c1-4-10-32-27(38)21-11-20(12-22(29)13-21)23-15-34-26(35-17(3)5-2)28(39)36(23)16-24(37)33-14-18-6-8-19(9-7-18)25(30)31;1-2(6)3(4,5)7;3-2(4,5)1(6)7/h6-9,11-13,15,17H,4-5,10,14,16,29H2,1-3H3,(H3,30,31)(H,32,38)(H,33,37)(H,34,35);6H,1,7H2;(H,6,7). The summed E-state index contributed by atoms with van der Waals surface area (Å²) in [4.78, 5) is 52.3. The summed E-state index contributed by atoms with van der Waals surface area (Å²) >= 11 is 0. The minimum absolute atomic E-state index is 0.00228. The summed E-state index contributed by atoms with van der Waals surface area (Å²) in [5.41, 5.74) is 10.8. The van der Waals surface area contributed by atoms with Crippen molar-refractivity contribution in [3.63, 3.8) is 0 Å². The number of halogens is 5. The molecule has 0 aliphatic heterocycles. The molecule has 14 nitrogen and oxygen atoms in total. The number of amidine groups is 1. The Morgan fingerprint density at radius 2 is 1.60 bits per heavy atom. The zero-order valence-corrected chi connectivity index (χ0v) is 30.1. The number of hydrogen-bond donors (Lipinski definition) is 8. The Labute approximate surface area is 303 Å². The monoisotopic (exact) mass is 772 g/mol. The zero-order chi connectivity index (χ0) is 40.7. The van der Waals surface area contributed by atoms with E-state index in [-0.39, 0.29) is 42.6 Å². The zero-order valence-electron chi connectivity index (χ0n) is 29.0. The number of rotatable bonds is 13. The SMILES string of the molecule is C=C(O)C(F)(F)P.CCCNC(=O)c1cc(N)cc(-c2cnc(NC(C)CC)c(=O)n2CC(=O)NCc2ccc(C(=N)N)cc2)c1.O=C(O)C(F)(F)F. The van der Waals surface area contributed by atoms with Crippen molar-refractivity contribution in [3.8, 4) is 11.3 Å². The Balaban J connectivity index is 0.000000845. The number of nitrogen functional groups attached to an aromatic ring is 2. The summed E-state index contributed by atoms with van der Waals surface area (Å²) in [6, 6.07) is 11.8. The maximum Gasteiger partial charge on any atom is 0.490 e. The third-order valence-corrected chi connectivity index (χ3v) is 7.12. The Morgan fingerprint density at radius 3 is 2.08 bits per heavy atom. The largest absolute Gasteiger partial charge is 0.506 e. The lowest BCUT2D eigenvalue weighted by molar-refractivity contribution is -0.192. The summed E-state index contributed by atoms with van der Waals surface area (Å²) in [7, 11) is 1.15. The number of alkyl halides is 5. The van der Waals surface area contributed by atoms with Crippen LogP contribution in [0.4, 0.5) is 33.5 Å². The topological polar surface area (TPSA) is 239 Å². The Hall–Kier alpha value is -5.58. The van der Waals surface area contributed by atoms with Crippen molar-refractivity contribution in [1.29, 1.82) is 5.41 Å². The van der Waals surface area contributed by atoms with Gasteiger partial charge in [0.25, 0.3) is 11.5 Å². The summed E-state index contributed by atoms with van der Waals surface area (Å²) in [5.74, 6) is -4.46. The van der Waals surface area contributed by atoms with E-state index >= 15 is 0 Å². The molecule has 0 radical (unpaired) electrons. The fraction of sp³-hybridized carbons (Fsp3) is 0.333. The summed E-state index contributed by atoms with van der Waals surface area (Å²) < 4.78 is 56.0. The number of allylic oxidation sites excluding steroid dienone is 1. The number of aliphatic carboxylic acids is 1. The molecular weight excluding hydrogens is 730 g/mol. The molecule has 0 aliphatic rings. The maximum absolute atomic E-state index is 13.5. The number of carbonyl (C=O) groups excluding carboxylic acids is 2. The molecular formula is C33H42F5N8O6P. The van der Waals surface area contributed by atoms with Gasteiger partial charge in [-0.25, -0.2) is 9.78 Å². The van der Waals surface area contributed by atoms with E-state index in [9.17, 15) is 36.3 Å². The molecule has 2 unspecified atom stereocenters. The average molecular weight is 773 g/mol. The van der Waals surface area contributed by atoms with Crippen molar-refractivity contribution in [1.82, 2.24) is 20.2 Å². The van der Waals surface area contributed by atoms with Gasteiger partial charge in [0, 0.05) is 41.5 Å². The van der Waals surface area contributed by atoms with Crippen molar-refractivity contribution in [2.24, 2.45) is 5.73 Å². The Bertz CT molecular complexity index is 1790. The number of carboxylic acid groups (broad SMARTS) is 1. The van der Waals surface area contributed by atoms with Crippen LogP contribution < -0.4 is 33.0 Å². The van der Waals surface area contributed by atoms with Gasteiger partial charge in [-0.3, -0.25) is 24.4 Å². The van der Waals surface area contributed by atoms with E-state index in [0.717, 1.165) is 27.6 Å². The molecule has 0 bridgehead atoms. The fourth-order valence-electron chi connectivity index (χ4n) is 3.78. The molecule has 0 aliphatic carbocycles. The molecule has 20 heteroatoms. The number of nitrogens with one attached hydrogen (secondary N) is 4. The Kier molecular flexibility index (Phi) is 17.5. The molecule has 0 spiro atoms. The summed E-state index contributed by atoms with van der Waals surface area (Å²) in [5, 5.41) is 31.3. The fourth-order valence-corrected chi connectivity index (χ4v) is 3.78. The average Bonchev–Trinajstić information content (AvgIpc) is 3.07. The van der Waals surface area contributed by atoms with Gasteiger partial charge < -0.3 is 37.6 Å². The van der Waals surface area contributed by atoms with Gasteiger partial charge in [-0.2, -0.15) is 22.0 Å². The number of carbonyl (C=O) groups is 3. The number of nitrogens with zero attached hydrogens (tertiary/aromatic N) is 2. The lowest BCUT2D eigenvalue weighted by atomic mass is 10.1. The number of amides is 2. The molecule has 2 atom stereocenters. The lowest BCUT2D eigenvalue weighted by Crippen LogP contribution is -2.35. The maximum atomic E-state index is 13.5. The molecule has 53 heavy (non-hydrogen) atoms. The second-order valence-corrected chi connectivity index (χ2v) is 11.9. The highest BCUT2D eigenvalue weighted by molar-refractivity contribution is 7.18. The third kappa shape index (κ3) is 15.7. The highest BCUT2D eigenvalue weighted by atomic mass is 31.0. The molecule has 2 amide bonds. The molecule has 3 aromatic rings. The minimum Gasteiger partial charge on any atom is -0.506 e. The van der Waals surface area contributed by atoms with E-state index in [1.165, 1.54) is 10.8 Å². The van der Waals surface area contributed by atoms with Crippen molar-refractivity contribution < 1.29 is 46.5 Å². The molecule has 1 aromatic heterocycles. The van der Waals surface area contributed by atoms with Crippen LogP contribution in [0.25, 0.3) is 11.3 Å². The van der Waals surface area contributed by atoms with Crippen LogP contribution in [0.15, 0.2) is 65.8 Å². The van der Waals surface area contributed by atoms with Crippen LogP contribution in [0, 0.1) is 5.41 Å². The van der Waals surface area contributed by atoms with Crippen molar-refractivity contribution >= 4 is 44.4 Å². The molecule has 1 heterocycles. The number of aliphatic hydroxyl groups excluding tert-OH is 1. The Morgan fingerprint density at radius 1 is 1.04 bits per heavy atom. The van der Waals surface area contributed by atoms with Gasteiger partial charge in [-0.15, -0.1) is 0 Å². The van der Waals surface area contributed by atoms with Crippen molar-refractivity contribution in [2.45, 2.75) is 64.6 Å². The lowest BCUT2D eigenvalue weighted by Gasteiger charge is -2.18. The van der Waals surface area contributed by atoms with Gasteiger partial charge >= 0.3 is 17.8 Å². The molecule has 3 rings (SSSR count). The molecule has 10 N–H and O–H groups in total. The van der Waals surface area contributed by atoms with E-state index < -0.39 is 29.1 Å². The number of nitrogens with two attached hydrogens (primary N) is 2. The smallest absolute Gasteiger partial charge is 0.490 e. The van der Waals surface area contributed by atoms with Crippen LogP contribution in [0.5, 0.6) is 0 Å². The van der Waals surface area contributed by atoms with Gasteiger partial charge in [0.15, 0.2) is 11.6 Å². The van der Waals surface area contributed by atoms with Crippen molar-refractivity contribution in [3.05, 3.63) is 88.0 Å². The van der Waals surface area contributed by atoms with Crippen LogP contribution in [0.3, 0.4) is 0 Å². The van der Waals surface area contributed by atoms with E-state index in [0.29, 0.717) is 34.6 Å². The number of hydrogen-bond acceptors (Lipinski definition) is 9. The highest BCUT2D eigenvalue weighted by Crippen LogP contribution is 2.27. The first kappa shape index (κ1) is 45.4. The van der Waals surface area contributed by atoms with Gasteiger partial charge in [0.2, 0.25) is 5.91 Å². The predicted molar refractivity (Wildman–Crippen MR) is 194 cm³/mol. The number of anilines is 2. The van der Waals surface area contributed by atoms with Crippen LogP contribution in [-0.4, -0.2) is 67.8 Å². The van der Waals surface area contributed by atoms with Crippen LogP contribution in [-0.2, 0) is 22.7 Å². The minimum atomic E-state index is -5.08. The second-order valence-electron chi connectivity index (χ2n) is 11.2. The third-order valence-electron chi connectivity index (χ3n) is 6.78. The normalized spacial score (nSPS) is 11.4. The first-order chi connectivity index (χ1) is 24.5. The second kappa shape index (κ2) is 20.5. The highest BCUT2D eigenvalue weighted by Gasteiger charge is 2.38. The van der Waals surface area contributed by atoms with Crippen LogP contribution in [0.2, 0.25) is 0 Å². The number of carboxylic acids is 1. The van der Waals surface area contributed by atoms with E-state index in [1.54, 1.807) is 42.5 Å². The molecule has 2 aromatic carbocycles. The number of benzene rings is 2. The van der Waals surface area contributed by atoms with E-state index in [1.807, 2.05) is 20.8 Å². The van der Waals surface area contributed by atoms with Crippen LogP contribution >= 0.6 is 9.24 Å². The van der Waals surface area contributed by atoms with Gasteiger partial charge in [0.1, 0.15) is 12.4 Å². The first-order valence-electron chi connectivity index (χ1n) is 15.6. The first-order valence-corrected chi connectivity index (χ1v) is 16.2. The molecule has 0 saturated heterocycles. The molecule has 0 fully saturated rings. The number of aromatic nitrogens is 2. The van der Waals surface area contributed by atoms with Gasteiger partial charge in [0.05, 0.1) is 11.9 Å². The quantitative estimate of drug-likeness (QED) is 0.0300. The van der Waals surface area contributed by atoms with E-state index in [4.69, 9.17) is 31.9 Å². The predicted octanol–water partition coefficient (Wildman–Crippen LogP) is 4.60. The van der Waals surface area contributed by atoms with Gasteiger partial charge in [-0.1, -0.05) is 53.9 Å².